The van der Waals surface area contributed by atoms with Gasteiger partial charge in [0.25, 0.3) is 0 Å². The standard InChI is InChI=1S/C18H17NO2/c1-20-16-8-4-2-6-14(16)10-18(12-19)11-15-7-3-5-9-17(15)21-13-18/h2-9H,10-11,13H2,1H3. The summed E-state index contributed by atoms with van der Waals surface area (Å²) in [6.45, 7) is 0.415. The van der Waals surface area contributed by atoms with Gasteiger partial charge in [-0.25, -0.2) is 0 Å². The van der Waals surface area contributed by atoms with Crippen LogP contribution in [0.1, 0.15) is 11.1 Å². The molecule has 0 fully saturated rings. The highest BCUT2D eigenvalue weighted by Gasteiger charge is 2.37. The van der Waals surface area contributed by atoms with Crippen molar-refractivity contribution in [1.82, 2.24) is 0 Å². The molecule has 0 bridgehead atoms. The Balaban J connectivity index is 1.91. The number of nitrogens with zero attached hydrogens (tertiary/aromatic N) is 1. The summed E-state index contributed by atoms with van der Waals surface area (Å²) in [5.41, 5.74) is 1.60. The second-order valence-electron chi connectivity index (χ2n) is 5.45. The van der Waals surface area contributed by atoms with E-state index in [1.807, 2.05) is 48.5 Å². The fourth-order valence-electron chi connectivity index (χ4n) is 2.86. The van der Waals surface area contributed by atoms with Crippen LogP contribution >= 0.6 is 0 Å². The summed E-state index contributed by atoms with van der Waals surface area (Å²) in [7, 11) is 1.66. The fourth-order valence-corrected chi connectivity index (χ4v) is 2.86. The lowest BCUT2D eigenvalue weighted by atomic mass is 9.77. The van der Waals surface area contributed by atoms with E-state index in [1.54, 1.807) is 7.11 Å². The van der Waals surface area contributed by atoms with Crippen LogP contribution in [0.3, 0.4) is 0 Å². The van der Waals surface area contributed by atoms with Gasteiger partial charge in [-0.05, 0) is 36.1 Å². The molecule has 0 amide bonds. The molecule has 1 aliphatic heterocycles. The van der Waals surface area contributed by atoms with Crippen LogP contribution in [0.4, 0.5) is 0 Å². The molecule has 0 aromatic heterocycles. The molecule has 1 aliphatic rings. The van der Waals surface area contributed by atoms with E-state index in [1.165, 1.54) is 0 Å². The van der Waals surface area contributed by atoms with Gasteiger partial charge in [-0.2, -0.15) is 5.26 Å². The lowest BCUT2D eigenvalue weighted by molar-refractivity contribution is 0.168. The van der Waals surface area contributed by atoms with Crippen LogP contribution in [-0.4, -0.2) is 13.7 Å². The SMILES string of the molecule is COc1ccccc1CC1(C#N)COc2ccccc2C1. The third-order valence-corrected chi connectivity index (χ3v) is 3.96. The Kier molecular flexibility index (Phi) is 3.53. The maximum absolute atomic E-state index is 9.72. The van der Waals surface area contributed by atoms with E-state index >= 15 is 0 Å². The molecule has 3 rings (SSSR count). The van der Waals surface area contributed by atoms with Crippen LogP contribution in [0, 0.1) is 16.7 Å². The lowest BCUT2D eigenvalue weighted by Crippen LogP contribution is -2.35. The Morgan fingerprint density at radius 3 is 2.76 bits per heavy atom. The van der Waals surface area contributed by atoms with Crippen LogP contribution in [0.5, 0.6) is 11.5 Å². The monoisotopic (exact) mass is 279 g/mol. The Morgan fingerprint density at radius 2 is 1.95 bits per heavy atom. The summed E-state index contributed by atoms with van der Waals surface area (Å²) < 4.78 is 11.2. The largest absolute Gasteiger partial charge is 0.496 e. The lowest BCUT2D eigenvalue weighted by Gasteiger charge is -2.32. The fraction of sp³-hybridized carbons (Fsp3) is 0.278. The van der Waals surface area contributed by atoms with Gasteiger partial charge in [0, 0.05) is 0 Å². The quantitative estimate of drug-likeness (QED) is 0.865. The van der Waals surface area contributed by atoms with Crippen LogP contribution in [0.25, 0.3) is 0 Å². The van der Waals surface area contributed by atoms with E-state index in [0.29, 0.717) is 19.4 Å². The smallest absolute Gasteiger partial charge is 0.122 e. The minimum absolute atomic E-state index is 0.415. The Hall–Kier alpha value is -2.47. The molecule has 106 valence electrons. The van der Waals surface area contributed by atoms with Crippen LogP contribution in [-0.2, 0) is 12.8 Å². The van der Waals surface area contributed by atoms with E-state index in [-0.39, 0.29) is 0 Å². The summed E-state index contributed by atoms with van der Waals surface area (Å²) in [5.74, 6) is 1.72. The van der Waals surface area contributed by atoms with Crippen molar-refractivity contribution < 1.29 is 9.47 Å². The van der Waals surface area contributed by atoms with Gasteiger partial charge < -0.3 is 9.47 Å². The topological polar surface area (TPSA) is 42.2 Å². The molecule has 0 N–H and O–H groups in total. The number of hydrogen-bond donors (Lipinski definition) is 0. The summed E-state index contributed by atoms with van der Waals surface area (Å²) in [4.78, 5) is 0. The number of fused-ring (bicyclic) bond motifs is 1. The summed E-state index contributed by atoms with van der Waals surface area (Å²) in [5, 5.41) is 9.72. The molecule has 0 spiro atoms. The molecule has 0 saturated heterocycles. The highest BCUT2D eigenvalue weighted by Crippen LogP contribution is 2.38. The van der Waals surface area contributed by atoms with Crippen molar-refractivity contribution in [2.45, 2.75) is 12.8 Å². The van der Waals surface area contributed by atoms with Gasteiger partial charge in [0.15, 0.2) is 0 Å². The highest BCUT2D eigenvalue weighted by atomic mass is 16.5. The van der Waals surface area contributed by atoms with Gasteiger partial charge in [-0.1, -0.05) is 36.4 Å². The Bertz CT molecular complexity index is 690. The zero-order chi connectivity index (χ0) is 14.7. The van der Waals surface area contributed by atoms with Crippen molar-refractivity contribution >= 4 is 0 Å². The number of methoxy groups -OCH3 is 1. The Labute approximate surface area is 124 Å². The van der Waals surface area contributed by atoms with Crippen LogP contribution < -0.4 is 9.47 Å². The molecular weight excluding hydrogens is 262 g/mol. The summed E-state index contributed by atoms with van der Waals surface area (Å²) in [6, 6.07) is 18.3. The molecule has 0 radical (unpaired) electrons. The first-order valence-corrected chi connectivity index (χ1v) is 7.00. The molecule has 2 aromatic carbocycles. The average Bonchev–Trinajstić information content (AvgIpc) is 2.55. The third kappa shape index (κ3) is 2.57. The van der Waals surface area contributed by atoms with Gasteiger partial charge in [-0.3, -0.25) is 0 Å². The molecule has 0 saturated carbocycles. The number of hydrogen-bond acceptors (Lipinski definition) is 3. The van der Waals surface area contributed by atoms with Gasteiger partial charge in [0.05, 0.1) is 18.6 Å². The molecule has 21 heavy (non-hydrogen) atoms. The maximum atomic E-state index is 9.72. The molecule has 1 heterocycles. The second-order valence-corrected chi connectivity index (χ2v) is 5.45. The van der Waals surface area contributed by atoms with E-state index in [9.17, 15) is 5.26 Å². The first-order valence-electron chi connectivity index (χ1n) is 7.00. The van der Waals surface area contributed by atoms with Crippen molar-refractivity contribution in [2.24, 2.45) is 5.41 Å². The summed E-state index contributed by atoms with van der Waals surface area (Å²) in [6.07, 6.45) is 1.33. The van der Waals surface area contributed by atoms with Crippen molar-refractivity contribution in [3.8, 4) is 17.6 Å². The minimum atomic E-state index is -0.539. The third-order valence-electron chi connectivity index (χ3n) is 3.96. The molecule has 1 atom stereocenters. The number of benzene rings is 2. The molecule has 3 nitrogen and oxygen atoms in total. The van der Waals surface area contributed by atoms with E-state index in [4.69, 9.17) is 9.47 Å². The average molecular weight is 279 g/mol. The molecule has 2 aromatic rings. The number of rotatable bonds is 3. The van der Waals surface area contributed by atoms with E-state index in [0.717, 1.165) is 22.6 Å². The van der Waals surface area contributed by atoms with Crippen molar-refractivity contribution in [2.75, 3.05) is 13.7 Å². The van der Waals surface area contributed by atoms with Gasteiger partial charge in [-0.15, -0.1) is 0 Å². The van der Waals surface area contributed by atoms with Gasteiger partial charge in [0.2, 0.25) is 0 Å². The van der Waals surface area contributed by atoms with Gasteiger partial charge >= 0.3 is 0 Å². The second kappa shape index (κ2) is 5.49. The zero-order valence-corrected chi connectivity index (χ0v) is 12.0. The minimum Gasteiger partial charge on any atom is -0.496 e. The molecule has 1 unspecified atom stereocenters. The van der Waals surface area contributed by atoms with E-state index in [2.05, 4.69) is 6.07 Å². The number of nitriles is 1. The number of ether oxygens (including phenoxy) is 2. The molecule has 3 heteroatoms. The number of para-hydroxylation sites is 2. The van der Waals surface area contributed by atoms with Gasteiger partial charge in [0.1, 0.15) is 18.1 Å². The maximum Gasteiger partial charge on any atom is 0.122 e. The van der Waals surface area contributed by atoms with Crippen LogP contribution in [0.15, 0.2) is 48.5 Å². The predicted molar refractivity (Wildman–Crippen MR) is 80.4 cm³/mol. The first kappa shape index (κ1) is 13.5. The molecular formula is C18H17NO2. The highest BCUT2D eigenvalue weighted by molar-refractivity contribution is 5.40. The first-order chi connectivity index (χ1) is 10.3. The van der Waals surface area contributed by atoms with E-state index < -0.39 is 5.41 Å². The van der Waals surface area contributed by atoms with Crippen molar-refractivity contribution in [1.29, 1.82) is 5.26 Å². The van der Waals surface area contributed by atoms with Crippen LogP contribution in [0.2, 0.25) is 0 Å². The predicted octanol–water partition coefficient (Wildman–Crippen LogP) is 3.38. The zero-order valence-electron chi connectivity index (χ0n) is 12.0. The normalized spacial score (nSPS) is 20.0. The summed E-state index contributed by atoms with van der Waals surface area (Å²) >= 11 is 0. The van der Waals surface area contributed by atoms with Crippen molar-refractivity contribution in [3.63, 3.8) is 0 Å². The van der Waals surface area contributed by atoms with Crippen molar-refractivity contribution in [3.05, 3.63) is 59.7 Å². The Morgan fingerprint density at radius 1 is 1.19 bits per heavy atom. The molecule has 0 aliphatic carbocycles.